The first kappa shape index (κ1) is 17.2. The fourth-order valence-electron chi connectivity index (χ4n) is 3.79. The number of thiophene rings is 1. The Bertz CT molecular complexity index is 886. The number of pyridine rings is 1. The molecule has 1 aliphatic rings. The molecule has 5 heteroatoms. The summed E-state index contributed by atoms with van der Waals surface area (Å²) in [5.74, 6) is -0.733. The fraction of sp³-hybridized carbons (Fsp3) is 0.333. The maximum atomic E-state index is 11.9. The third-order valence-electron chi connectivity index (χ3n) is 5.09. The molecule has 3 heterocycles. The van der Waals surface area contributed by atoms with E-state index in [0.717, 1.165) is 35.5 Å². The minimum atomic E-state index is -0.733. The van der Waals surface area contributed by atoms with E-state index in [2.05, 4.69) is 34.1 Å². The molecule has 0 amide bonds. The van der Waals surface area contributed by atoms with Gasteiger partial charge in [-0.25, -0.2) is 0 Å². The molecule has 1 N–H and O–H groups in total. The van der Waals surface area contributed by atoms with Crippen molar-refractivity contribution < 1.29 is 9.90 Å². The van der Waals surface area contributed by atoms with Crippen LogP contribution >= 0.6 is 11.3 Å². The molecule has 134 valence electrons. The fourth-order valence-corrected chi connectivity index (χ4v) is 4.98. The number of fused-ring (bicyclic) bond motifs is 1. The van der Waals surface area contributed by atoms with Crippen molar-refractivity contribution in [3.8, 4) is 0 Å². The maximum absolute atomic E-state index is 11.9. The van der Waals surface area contributed by atoms with Crippen molar-refractivity contribution in [2.24, 2.45) is 0 Å². The number of carboxylic acid groups (broad SMARTS) is 1. The van der Waals surface area contributed by atoms with Crippen molar-refractivity contribution in [1.29, 1.82) is 0 Å². The normalized spacial score (nSPS) is 19.5. The molecule has 1 saturated heterocycles. The van der Waals surface area contributed by atoms with E-state index < -0.39 is 12.0 Å². The van der Waals surface area contributed by atoms with E-state index in [-0.39, 0.29) is 6.04 Å². The molecule has 0 spiro atoms. The van der Waals surface area contributed by atoms with Crippen LogP contribution in [0.4, 0.5) is 0 Å². The third-order valence-corrected chi connectivity index (χ3v) is 6.26. The van der Waals surface area contributed by atoms with Gasteiger partial charge in [-0.2, -0.15) is 0 Å². The number of rotatable bonds is 4. The number of carbonyl (C=O) groups is 1. The van der Waals surface area contributed by atoms with Crippen LogP contribution in [0.3, 0.4) is 0 Å². The number of hydrogen-bond acceptors (Lipinski definition) is 4. The molecule has 0 aliphatic carbocycles. The highest BCUT2D eigenvalue weighted by atomic mass is 32.1. The molecule has 1 aromatic carbocycles. The van der Waals surface area contributed by atoms with Gasteiger partial charge in [0.05, 0.1) is 11.7 Å². The van der Waals surface area contributed by atoms with E-state index >= 15 is 0 Å². The Hall–Kier alpha value is -2.24. The maximum Gasteiger partial charge on any atom is 0.320 e. The molecule has 1 fully saturated rings. The average Bonchev–Trinajstić information content (AvgIpc) is 3.07. The lowest BCUT2D eigenvalue weighted by molar-refractivity contribution is -0.145. The molecule has 4 nitrogen and oxygen atoms in total. The van der Waals surface area contributed by atoms with Crippen LogP contribution in [0.25, 0.3) is 10.1 Å². The second kappa shape index (κ2) is 7.17. The molecule has 26 heavy (non-hydrogen) atoms. The van der Waals surface area contributed by atoms with Crippen molar-refractivity contribution in [2.75, 3.05) is 6.54 Å². The zero-order valence-corrected chi connectivity index (χ0v) is 15.6. The van der Waals surface area contributed by atoms with Crippen LogP contribution in [-0.4, -0.2) is 33.5 Å². The summed E-state index contributed by atoms with van der Waals surface area (Å²) in [6.45, 7) is 2.80. The first-order chi connectivity index (χ1) is 12.6. The lowest BCUT2D eigenvalue weighted by Crippen LogP contribution is -2.46. The number of carboxylic acids is 1. The highest BCUT2D eigenvalue weighted by Gasteiger charge is 2.36. The number of aryl methyl sites for hydroxylation is 1. The second-order valence-electron chi connectivity index (χ2n) is 6.94. The highest BCUT2D eigenvalue weighted by molar-refractivity contribution is 7.19. The Morgan fingerprint density at radius 2 is 2.12 bits per heavy atom. The summed E-state index contributed by atoms with van der Waals surface area (Å²) >= 11 is 1.74. The predicted octanol–water partition coefficient (Wildman–Crippen LogP) is 4.63. The molecular weight excluding hydrogens is 344 g/mol. The Morgan fingerprint density at radius 1 is 1.27 bits per heavy atom. The lowest BCUT2D eigenvalue weighted by atomic mass is 9.97. The van der Waals surface area contributed by atoms with Crippen LogP contribution in [0.15, 0.2) is 48.7 Å². The molecule has 3 aromatic rings. The smallest absolute Gasteiger partial charge is 0.320 e. The molecule has 4 rings (SSSR count). The van der Waals surface area contributed by atoms with Crippen LogP contribution < -0.4 is 0 Å². The summed E-state index contributed by atoms with van der Waals surface area (Å²) in [5, 5.41) is 11.0. The summed E-state index contributed by atoms with van der Waals surface area (Å²) in [6, 6.07) is 14.0. The van der Waals surface area contributed by atoms with Crippen LogP contribution in [0, 0.1) is 6.92 Å². The Morgan fingerprint density at radius 3 is 2.85 bits per heavy atom. The van der Waals surface area contributed by atoms with Gasteiger partial charge in [-0.1, -0.05) is 30.7 Å². The summed E-state index contributed by atoms with van der Waals surface area (Å²) < 4.78 is 1.23. The van der Waals surface area contributed by atoms with Gasteiger partial charge in [-0.05, 0) is 48.9 Å². The number of benzene rings is 1. The number of aromatic nitrogens is 1. The molecule has 0 radical (unpaired) electrons. The summed E-state index contributed by atoms with van der Waals surface area (Å²) in [7, 11) is 0. The summed E-state index contributed by atoms with van der Waals surface area (Å²) in [4.78, 5) is 19.9. The molecular formula is C21H22N2O2S. The standard InChI is InChI=1S/C21H22N2O2S/c1-14-9-10-16(22-13-14)20(23-11-5-4-7-17(23)21(24)25)19-12-15-6-2-3-8-18(15)26-19/h2-3,6,8-10,12-13,17,20H,4-5,7,11H2,1H3,(H,24,25). The van der Waals surface area contributed by atoms with Gasteiger partial charge in [0.25, 0.3) is 0 Å². The molecule has 2 unspecified atom stereocenters. The van der Waals surface area contributed by atoms with E-state index in [1.54, 1.807) is 11.3 Å². The van der Waals surface area contributed by atoms with Gasteiger partial charge >= 0.3 is 5.97 Å². The van der Waals surface area contributed by atoms with Gasteiger partial charge in [0.15, 0.2) is 0 Å². The Kier molecular flexibility index (Phi) is 4.74. The molecule has 2 atom stereocenters. The number of aliphatic carboxylic acids is 1. The predicted molar refractivity (Wildman–Crippen MR) is 105 cm³/mol. The molecule has 0 bridgehead atoms. The van der Waals surface area contributed by atoms with E-state index in [1.165, 1.54) is 10.1 Å². The van der Waals surface area contributed by atoms with Crippen molar-refractivity contribution in [3.63, 3.8) is 0 Å². The van der Waals surface area contributed by atoms with Crippen molar-refractivity contribution in [1.82, 2.24) is 9.88 Å². The van der Waals surface area contributed by atoms with Crippen LogP contribution in [0.5, 0.6) is 0 Å². The first-order valence-corrected chi connectivity index (χ1v) is 9.85. The van der Waals surface area contributed by atoms with Crippen molar-refractivity contribution >= 4 is 27.4 Å². The number of piperidine rings is 1. The third kappa shape index (κ3) is 3.24. The zero-order chi connectivity index (χ0) is 18.1. The first-order valence-electron chi connectivity index (χ1n) is 9.03. The number of nitrogens with zero attached hydrogens (tertiary/aromatic N) is 2. The van der Waals surface area contributed by atoms with E-state index in [1.807, 2.05) is 31.3 Å². The van der Waals surface area contributed by atoms with Gasteiger partial charge in [-0.15, -0.1) is 11.3 Å². The molecule has 2 aromatic heterocycles. The number of likely N-dealkylation sites (tertiary alicyclic amines) is 1. The van der Waals surface area contributed by atoms with Crippen LogP contribution in [0.2, 0.25) is 0 Å². The minimum Gasteiger partial charge on any atom is -0.480 e. The summed E-state index contributed by atoms with van der Waals surface area (Å²) in [6.07, 6.45) is 4.56. The quantitative estimate of drug-likeness (QED) is 0.731. The largest absolute Gasteiger partial charge is 0.480 e. The monoisotopic (exact) mass is 366 g/mol. The van der Waals surface area contributed by atoms with Crippen LogP contribution in [-0.2, 0) is 4.79 Å². The van der Waals surface area contributed by atoms with E-state index in [4.69, 9.17) is 0 Å². The minimum absolute atomic E-state index is 0.116. The van der Waals surface area contributed by atoms with Gasteiger partial charge in [-0.3, -0.25) is 14.7 Å². The number of hydrogen-bond donors (Lipinski definition) is 1. The second-order valence-corrected chi connectivity index (χ2v) is 8.05. The topological polar surface area (TPSA) is 53.4 Å². The van der Waals surface area contributed by atoms with Gasteiger partial charge in [0, 0.05) is 22.3 Å². The van der Waals surface area contributed by atoms with Crippen molar-refractivity contribution in [3.05, 3.63) is 64.8 Å². The Labute approximate surface area is 157 Å². The van der Waals surface area contributed by atoms with E-state index in [9.17, 15) is 9.90 Å². The lowest BCUT2D eigenvalue weighted by Gasteiger charge is -2.38. The average molecular weight is 366 g/mol. The zero-order valence-electron chi connectivity index (χ0n) is 14.8. The van der Waals surface area contributed by atoms with Gasteiger partial charge < -0.3 is 5.11 Å². The SMILES string of the molecule is Cc1ccc(C(c2cc3ccccc3s2)N2CCCCC2C(=O)O)nc1. The molecule has 0 saturated carbocycles. The van der Waals surface area contributed by atoms with Gasteiger partial charge in [0.1, 0.15) is 6.04 Å². The van der Waals surface area contributed by atoms with E-state index in [0.29, 0.717) is 6.42 Å². The van der Waals surface area contributed by atoms with Crippen LogP contribution in [0.1, 0.15) is 41.4 Å². The summed E-state index contributed by atoms with van der Waals surface area (Å²) in [5.41, 5.74) is 2.03. The molecule has 1 aliphatic heterocycles. The van der Waals surface area contributed by atoms with Crippen molar-refractivity contribution in [2.45, 2.75) is 38.3 Å². The Balaban J connectivity index is 1.83. The highest BCUT2D eigenvalue weighted by Crippen LogP contribution is 2.39. The van der Waals surface area contributed by atoms with Gasteiger partial charge in [0.2, 0.25) is 0 Å².